The van der Waals surface area contributed by atoms with Gasteiger partial charge in [0, 0.05) is 0 Å². The molecule has 12 heavy (non-hydrogen) atoms. The highest BCUT2D eigenvalue weighted by Crippen LogP contribution is 2.12. The predicted octanol–water partition coefficient (Wildman–Crippen LogP) is 0.893. The third-order valence-corrected chi connectivity index (χ3v) is 1.54. The zero-order chi connectivity index (χ0) is 8.97. The van der Waals surface area contributed by atoms with Gasteiger partial charge in [-0.05, 0) is 5.56 Å². The van der Waals surface area contributed by atoms with Crippen molar-refractivity contribution < 1.29 is 14.6 Å². The van der Waals surface area contributed by atoms with Gasteiger partial charge in [0.15, 0.2) is 6.10 Å². The molecule has 0 aromatic heterocycles. The van der Waals surface area contributed by atoms with Crippen LogP contribution in [0.15, 0.2) is 30.3 Å². The van der Waals surface area contributed by atoms with Crippen molar-refractivity contribution in [1.29, 1.82) is 0 Å². The minimum atomic E-state index is -1.17. The molecule has 1 atom stereocenters. The number of methoxy groups -OCH3 is 1. The number of benzene rings is 1. The summed E-state index contributed by atoms with van der Waals surface area (Å²) in [6.07, 6.45) is -1.17. The van der Waals surface area contributed by atoms with Gasteiger partial charge in [-0.15, -0.1) is 0 Å². The Kier molecular flexibility index (Phi) is 2.82. The largest absolute Gasteiger partial charge is 0.467 e. The van der Waals surface area contributed by atoms with Crippen molar-refractivity contribution in [3.63, 3.8) is 0 Å². The van der Waals surface area contributed by atoms with E-state index < -0.39 is 12.1 Å². The van der Waals surface area contributed by atoms with Gasteiger partial charge < -0.3 is 9.84 Å². The molecule has 0 amide bonds. The molecule has 0 aliphatic carbocycles. The van der Waals surface area contributed by atoms with E-state index in [9.17, 15) is 9.90 Å². The van der Waals surface area contributed by atoms with Crippen LogP contribution in [0, 0.1) is 0 Å². The Balaban J connectivity index is 2.78. The van der Waals surface area contributed by atoms with E-state index in [-0.39, 0.29) is 0 Å². The minimum Gasteiger partial charge on any atom is -0.467 e. The molecule has 0 saturated heterocycles. The van der Waals surface area contributed by atoms with E-state index in [1.54, 1.807) is 24.3 Å². The van der Waals surface area contributed by atoms with Gasteiger partial charge in [0.1, 0.15) is 0 Å². The fourth-order valence-electron chi connectivity index (χ4n) is 0.883. The molecule has 3 heteroatoms. The lowest BCUT2D eigenvalue weighted by molar-refractivity contribution is -0.150. The lowest BCUT2D eigenvalue weighted by Gasteiger charge is -2.07. The Morgan fingerprint density at radius 2 is 2.00 bits per heavy atom. The van der Waals surface area contributed by atoms with Gasteiger partial charge in [0.25, 0.3) is 0 Å². The molecule has 0 aliphatic rings. The summed E-state index contributed by atoms with van der Waals surface area (Å²) in [5.41, 5.74) is 0.546. The first-order chi connectivity index (χ1) is 5.75. The molecular formula is C9H10O3. The van der Waals surface area contributed by atoms with Gasteiger partial charge in [-0.2, -0.15) is 0 Å². The van der Waals surface area contributed by atoms with Crippen LogP contribution in [0.25, 0.3) is 0 Å². The molecule has 1 unspecified atom stereocenters. The van der Waals surface area contributed by atoms with Crippen molar-refractivity contribution in [2.24, 2.45) is 0 Å². The molecule has 64 valence electrons. The fraction of sp³-hybridized carbons (Fsp3) is 0.222. The monoisotopic (exact) mass is 174 g/mol. The fourth-order valence-corrected chi connectivity index (χ4v) is 0.883. The van der Waals surface area contributed by atoms with Crippen molar-refractivity contribution in [3.05, 3.63) is 35.9 Å². The molecule has 0 bridgehead atoms. The number of hydrogen-bond acceptors (Lipinski definition) is 3. The summed E-state index contributed by atoms with van der Waals surface area (Å²) < 4.78 is 4.38. The van der Waals surface area contributed by atoms with E-state index in [0.29, 0.717) is 5.56 Å². The highest BCUT2D eigenvalue weighted by molar-refractivity contribution is 5.75. The van der Waals surface area contributed by atoms with Crippen LogP contribution in [0.5, 0.6) is 0 Å². The van der Waals surface area contributed by atoms with Crippen LogP contribution in [0.3, 0.4) is 0 Å². The maximum Gasteiger partial charge on any atom is 0.339 e. The summed E-state index contributed by atoms with van der Waals surface area (Å²) in [7, 11) is 1.24. The molecule has 0 fully saturated rings. The van der Waals surface area contributed by atoms with Crippen molar-refractivity contribution >= 4 is 5.97 Å². The summed E-state index contributed by atoms with van der Waals surface area (Å²) in [6.45, 7) is 0. The second kappa shape index (κ2) is 3.88. The SMILES string of the molecule is CO[13C](=O)[13CH](O)[13c]1[13cH][13cH][13cH][13cH][13cH]1. The predicted molar refractivity (Wildman–Crippen MR) is 43.4 cm³/mol. The van der Waals surface area contributed by atoms with Gasteiger partial charge in [-0.3, -0.25) is 0 Å². The van der Waals surface area contributed by atoms with Crippen molar-refractivity contribution in [3.8, 4) is 0 Å². The molecule has 0 saturated carbocycles. The Labute approximate surface area is 70.6 Å². The van der Waals surface area contributed by atoms with Gasteiger partial charge in [-0.1, -0.05) is 30.3 Å². The molecule has 3 nitrogen and oxygen atoms in total. The molecule has 1 rings (SSSR count). The summed E-state index contributed by atoms with van der Waals surface area (Å²) in [5, 5.41) is 9.31. The number of aliphatic hydroxyl groups is 1. The van der Waals surface area contributed by atoms with E-state index in [4.69, 9.17) is 0 Å². The minimum absolute atomic E-state index is 0.546. The average Bonchev–Trinajstić information content (AvgIpc) is 2.17. The van der Waals surface area contributed by atoms with Crippen molar-refractivity contribution in [2.45, 2.75) is 6.10 Å². The summed E-state index contributed by atoms with van der Waals surface area (Å²) in [6, 6.07) is 8.65. The Bertz CT molecular complexity index is 256. The number of rotatable bonds is 2. The quantitative estimate of drug-likeness (QED) is 0.535. The summed E-state index contributed by atoms with van der Waals surface area (Å²) >= 11 is 0. The van der Waals surface area contributed by atoms with Crippen LogP contribution in [0.4, 0.5) is 0 Å². The molecule has 1 aromatic carbocycles. The molecule has 0 spiro atoms. The lowest BCUT2D eigenvalue weighted by atomic mass is 11.1. The van der Waals surface area contributed by atoms with E-state index in [0.717, 1.165) is 0 Å². The average molecular weight is 174 g/mol. The van der Waals surface area contributed by atoms with Crippen LogP contribution in [0.1, 0.15) is 11.7 Å². The Morgan fingerprint density at radius 3 is 2.50 bits per heavy atom. The van der Waals surface area contributed by atoms with Gasteiger partial charge in [0.05, 0.1) is 7.11 Å². The molecule has 1 N–H and O–H groups in total. The molecular weight excluding hydrogens is 164 g/mol. The van der Waals surface area contributed by atoms with Crippen LogP contribution in [-0.2, 0) is 9.53 Å². The molecule has 0 radical (unpaired) electrons. The van der Waals surface area contributed by atoms with Gasteiger partial charge in [-0.25, -0.2) is 4.79 Å². The molecule has 0 aliphatic heterocycles. The van der Waals surface area contributed by atoms with E-state index in [2.05, 4.69) is 4.74 Å². The van der Waals surface area contributed by atoms with E-state index in [1.807, 2.05) is 6.07 Å². The van der Waals surface area contributed by atoms with Crippen LogP contribution in [-0.4, -0.2) is 18.2 Å². The zero-order valence-electron chi connectivity index (χ0n) is 6.73. The maximum atomic E-state index is 10.8. The topological polar surface area (TPSA) is 46.5 Å². The van der Waals surface area contributed by atoms with E-state index in [1.165, 1.54) is 7.11 Å². The summed E-state index contributed by atoms with van der Waals surface area (Å²) in [4.78, 5) is 10.8. The summed E-state index contributed by atoms with van der Waals surface area (Å²) in [5.74, 6) is -0.638. The van der Waals surface area contributed by atoms with Crippen molar-refractivity contribution in [1.82, 2.24) is 0 Å². The van der Waals surface area contributed by atoms with Gasteiger partial charge in [0.2, 0.25) is 0 Å². The molecule has 0 heterocycles. The number of hydrogen-bond donors (Lipinski definition) is 1. The highest BCUT2D eigenvalue weighted by atomic mass is 16.6. The first-order valence-electron chi connectivity index (χ1n) is 3.56. The number of ether oxygens (including phenoxy) is 1. The standard InChI is InChI=1S/C9H10O3/c1-12-9(11)8(10)7-5-3-2-4-6-7/h2-6,8,10H,1H3/i2+1,3+1,4+1,5+1,6+1,7+1,8+1,9+1. The highest BCUT2D eigenvalue weighted by Gasteiger charge is 2.16. The first kappa shape index (κ1) is 8.74. The number of carbonyl (C=O) groups excluding carboxylic acids is 1. The van der Waals surface area contributed by atoms with Crippen LogP contribution < -0.4 is 0 Å². The third-order valence-electron chi connectivity index (χ3n) is 1.54. The Hall–Kier alpha value is -1.35. The number of aliphatic hydroxyl groups excluding tert-OH is 1. The van der Waals surface area contributed by atoms with Crippen LogP contribution in [0.2, 0.25) is 0 Å². The zero-order valence-corrected chi connectivity index (χ0v) is 6.73. The van der Waals surface area contributed by atoms with Crippen molar-refractivity contribution in [2.75, 3.05) is 7.11 Å². The van der Waals surface area contributed by atoms with Crippen LogP contribution >= 0.6 is 0 Å². The third kappa shape index (κ3) is 1.83. The smallest absolute Gasteiger partial charge is 0.339 e. The Morgan fingerprint density at radius 1 is 1.42 bits per heavy atom. The second-order valence-electron chi connectivity index (χ2n) is 2.34. The molecule has 1 aromatic rings. The number of carbonyl (C=O) groups is 1. The number of esters is 1. The van der Waals surface area contributed by atoms with E-state index >= 15 is 0 Å². The second-order valence-corrected chi connectivity index (χ2v) is 2.34. The van der Waals surface area contributed by atoms with Gasteiger partial charge >= 0.3 is 5.97 Å². The normalized spacial score (nSPS) is 12.2. The first-order valence-corrected chi connectivity index (χ1v) is 3.56. The maximum absolute atomic E-state index is 10.8. The lowest BCUT2D eigenvalue weighted by Crippen LogP contribution is -2.13.